The van der Waals surface area contributed by atoms with E-state index in [1.54, 1.807) is 0 Å². The van der Waals surface area contributed by atoms with E-state index in [1.807, 2.05) is 11.8 Å². The second-order valence-corrected chi connectivity index (χ2v) is 9.95. The molecule has 0 aromatic carbocycles. The lowest BCUT2D eigenvalue weighted by Crippen LogP contribution is -2.42. The SMILES string of the molecule is CCCCCCCCCCCCCCCCSCC(O)C[N+](C)(C)C. The van der Waals surface area contributed by atoms with Gasteiger partial charge in [-0.3, -0.25) is 0 Å². The molecule has 0 fully saturated rings. The monoisotopic (exact) mass is 374 g/mol. The number of nitrogens with zero attached hydrogens (tertiary/aromatic N) is 1. The van der Waals surface area contributed by atoms with Crippen molar-refractivity contribution in [1.82, 2.24) is 0 Å². The van der Waals surface area contributed by atoms with E-state index < -0.39 is 0 Å². The van der Waals surface area contributed by atoms with Crippen LogP contribution >= 0.6 is 11.8 Å². The predicted octanol–water partition coefficient (Wildman–Crippen LogP) is 6.27. The van der Waals surface area contributed by atoms with Crippen LogP contribution in [0.25, 0.3) is 0 Å². The quantitative estimate of drug-likeness (QED) is 0.212. The lowest BCUT2D eigenvalue weighted by atomic mass is 10.0. The third kappa shape index (κ3) is 22.2. The number of rotatable bonds is 19. The summed E-state index contributed by atoms with van der Waals surface area (Å²) in [4.78, 5) is 0. The van der Waals surface area contributed by atoms with Crippen LogP contribution in [0.3, 0.4) is 0 Å². The first-order valence-corrected chi connectivity index (χ1v) is 12.2. The number of quaternary nitrogens is 1. The highest BCUT2D eigenvalue weighted by molar-refractivity contribution is 7.99. The molecule has 0 radical (unpaired) electrons. The van der Waals surface area contributed by atoms with Crippen molar-refractivity contribution >= 4 is 11.8 Å². The molecule has 1 N–H and O–H groups in total. The number of unbranched alkanes of at least 4 members (excludes halogenated alkanes) is 13. The fraction of sp³-hybridized carbons (Fsp3) is 1.00. The summed E-state index contributed by atoms with van der Waals surface area (Å²) in [6, 6.07) is 0. The summed E-state index contributed by atoms with van der Waals surface area (Å²) >= 11 is 1.93. The van der Waals surface area contributed by atoms with E-state index in [-0.39, 0.29) is 6.10 Å². The molecule has 0 amide bonds. The van der Waals surface area contributed by atoms with E-state index in [1.165, 1.54) is 95.6 Å². The van der Waals surface area contributed by atoms with Crippen LogP contribution in [0.1, 0.15) is 96.8 Å². The Bertz CT molecular complexity index is 265. The Kier molecular flexibility index (Phi) is 17.9. The zero-order valence-electron chi connectivity index (χ0n) is 17.9. The van der Waals surface area contributed by atoms with Crippen LogP contribution in [0.5, 0.6) is 0 Å². The molecule has 25 heavy (non-hydrogen) atoms. The normalized spacial score (nSPS) is 13.3. The Morgan fingerprint density at radius 1 is 0.680 bits per heavy atom. The van der Waals surface area contributed by atoms with Crippen LogP contribution in [0, 0.1) is 0 Å². The first-order chi connectivity index (χ1) is 12.0. The molecule has 1 atom stereocenters. The second-order valence-electron chi connectivity index (χ2n) is 8.80. The van der Waals surface area contributed by atoms with Gasteiger partial charge in [-0.2, -0.15) is 11.8 Å². The molecule has 0 saturated heterocycles. The summed E-state index contributed by atoms with van der Waals surface area (Å²) in [6.45, 7) is 3.14. The van der Waals surface area contributed by atoms with Crippen molar-refractivity contribution in [2.75, 3.05) is 39.2 Å². The fourth-order valence-electron chi connectivity index (χ4n) is 3.30. The Morgan fingerprint density at radius 2 is 1.08 bits per heavy atom. The van der Waals surface area contributed by atoms with Crippen LogP contribution in [-0.2, 0) is 0 Å². The summed E-state index contributed by atoms with van der Waals surface area (Å²) in [5.41, 5.74) is 0. The van der Waals surface area contributed by atoms with Gasteiger partial charge in [-0.1, -0.05) is 90.4 Å². The van der Waals surface area contributed by atoms with Crippen molar-refractivity contribution < 1.29 is 9.59 Å². The molecule has 3 heteroatoms. The number of aliphatic hydroxyl groups is 1. The Balaban J connectivity index is 3.12. The van der Waals surface area contributed by atoms with E-state index in [0.29, 0.717) is 0 Å². The average molecular weight is 375 g/mol. The molecule has 1 unspecified atom stereocenters. The number of likely N-dealkylation sites (N-methyl/N-ethyl adjacent to an activating group) is 1. The van der Waals surface area contributed by atoms with Crippen molar-refractivity contribution in [1.29, 1.82) is 0 Å². The summed E-state index contributed by atoms with van der Waals surface area (Å²) in [6.07, 6.45) is 19.8. The first kappa shape index (κ1) is 25.3. The second kappa shape index (κ2) is 17.7. The van der Waals surface area contributed by atoms with Crippen molar-refractivity contribution in [2.45, 2.75) is 103 Å². The van der Waals surface area contributed by atoms with E-state index in [4.69, 9.17) is 0 Å². The Labute approximate surface area is 163 Å². The molecule has 0 aromatic rings. The first-order valence-electron chi connectivity index (χ1n) is 11.0. The number of hydrogen-bond acceptors (Lipinski definition) is 2. The third-order valence-electron chi connectivity index (χ3n) is 4.71. The minimum absolute atomic E-state index is 0.156. The topological polar surface area (TPSA) is 20.2 Å². The lowest BCUT2D eigenvalue weighted by Gasteiger charge is -2.26. The predicted molar refractivity (Wildman–Crippen MR) is 117 cm³/mol. The molecular weight excluding hydrogens is 326 g/mol. The van der Waals surface area contributed by atoms with Gasteiger partial charge in [0, 0.05) is 5.75 Å². The van der Waals surface area contributed by atoms with Crippen LogP contribution < -0.4 is 0 Å². The maximum atomic E-state index is 9.96. The zero-order chi connectivity index (χ0) is 18.8. The molecule has 152 valence electrons. The molecule has 0 aliphatic heterocycles. The van der Waals surface area contributed by atoms with Gasteiger partial charge in [-0.25, -0.2) is 0 Å². The standard InChI is InChI=1S/C22H48NOS/c1-5-6-7-8-9-10-11-12-13-14-15-16-17-18-19-25-21-22(24)20-23(2,3)4/h22,24H,5-21H2,1-4H3/q+1. The molecule has 2 nitrogen and oxygen atoms in total. The average Bonchev–Trinajstić information content (AvgIpc) is 2.53. The molecule has 0 aliphatic rings. The van der Waals surface area contributed by atoms with Crippen LogP contribution in [0.2, 0.25) is 0 Å². The molecule has 0 aliphatic carbocycles. The molecule has 0 heterocycles. The van der Waals surface area contributed by atoms with Crippen LogP contribution in [0.4, 0.5) is 0 Å². The van der Waals surface area contributed by atoms with Crippen molar-refractivity contribution in [3.8, 4) is 0 Å². The lowest BCUT2D eigenvalue weighted by molar-refractivity contribution is -0.873. The number of hydrogen-bond donors (Lipinski definition) is 1. The highest BCUT2D eigenvalue weighted by atomic mass is 32.2. The molecular formula is C22H48NOS+. The molecule has 0 rings (SSSR count). The van der Waals surface area contributed by atoms with Gasteiger partial charge in [0.2, 0.25) is 0 Å². The molecule has 0 spiro atoms. The highest BCUT2D eigenvalue weighted by Gasteiger charge is 2.14. The maximum absolute atomic E-state index is 9.96. The van der Waals surface area contributed by atoms with Crippen molar-refractivity contribution in [2.24, 2.45) is 0 Å². The van der Waals surface area contributed by atoms with Gasteiger partial charge in [0.1, 0.15) is 12.6 Å². The van der Waals surface area contributed by atoms with Gasteiger partial charge in [0.15, 0.2) is 0 Å². The molecule has 0 saturated carbocycles. The van der Waals surface area contributed by atoms with Crippen molar-refractivity contribution in [3.05, 3.63) is 0 Å². The minimum atomic E-state index is -0.156. The third-order valence-corrected chi connectivity index (χ3v) is 5.91. The van der Waals surface area contributed by atoms with E-state index in [2.05, 4.69) is 28.1 Å². The van der Waals surface area contributed by atoms with E-state index >= 15 is 0 Å². The number of thioether (sulfide) groups is 1. The molecule has 0 aromatic heterocycles. The van der Waals surface area contributed by atoms with Gasteiger partial charge >= 0.3 is 0 Å². The highest BCUT2D eigenvalue weighted by Crippen LogP contribution is 2.14. The summed E-state index contributed by atoms with van der Waals surface area (Å²) < 4.78 is 0.848. The van der Waals surface area contributed by atoms with Crippen LogP contribution in [0.15, 0.2) is 0 Å². The van der Waals surface area contributed by atoms with E-state index in [0.717, 1.165) is 16.8 Å². The smallest absolute Gasteiger partial charge is 0.112 e. The van der Waals surface area contributed by atoms with E-state index in [9.17, 15) is 5.11 Å². The Hall–Kier alpha value is 0.270. The molecule has 0 bridgehead atoms. The largest absolute Gasteiger partial charge is 0.386 e. The van der Waals surface area contributed by atoms with Crippen LogP contribution in [-0.4, -0.2) is 54.9 Å². The van der Waals surface area contributed by atoms with Gasteiger partial charge in [0.25, 0.3) is 0 Å². The number of aliphatic hydroxyl groups excluding tert-OH is 1. The summed E-state index contributed by atoms with van der Waals surface area (Å²) in [7, 11) is 6.42. The Morgan fingerprint density at radius 3 is 1.48 bits per heavy atom. The van der Waals surface area contributed by atoms with Gasteiger partial charge in [-0.05, 0) is 12.2 Å². The summed E-state index contributed by atoms with van der Waals surface area (Å²) in [5.74, 6) is 2.11. The summed E-state index contributed by atoms with van der Waals surface area (Å²) in [5, 5.41) is 9.96. The van der Waals surface area contributed by atoms with Gasteiger partial charge in [0.05, 0.1) is 21.1 Å². The minimum Gasteiger partial charge on any atom is -0.386 e. The van der Waals surface area contributed by atoms with Crippen molar-refractivity contribution in [3.63, 3.8) is 0 Å². The zero-order valence-corrected chi connectivity index (χ0v) is 18.7. The van der Waals surface area contributed by atoms with Gasteiger partial charge < -0.3 is 9.59 Å². The maximum Gasteiger partial charge on any atom is 0.112 e. The van der Waals surface area contributed by atoms with Gasteiger partial charge in [-0.15, -0.1) is 0 Å². The fourth-order valence-corrected chi connectivity index (χ4v) is 4.26.